The van der Waals surface area contributed by atoms with Crippen molar-refractivity contribution in [3.05, 3.63) is 152 Å². The van der Waals surface area contributed by atoms with Gasteiger partial charge in [0.25, 0.3) is 0 Å². The Balaban J connectivity index is 1.34. The highest BCUT2D eigenvalue weighted by Gasteiger charge is 2.25. The Bertz CT molecular complexity index is 2750. The minimum Gasteiger partial charge on any atom is -0.456 e. The highest BCUT2D eigenvalue weighted by atomic mass is 32.1. The Hall–Kier alpha value is -5.84. The number of thiophene rings is 1. The molecule has 216 valence electrons. The van der Waals surface area contributed by atoms with Crippen LogP contribution in [0, 0.1) is 0 Å². The molecule has 0 aliphatic carbocycles. The average Bonchev–Trinajstić information content (AvgIpc) is 3.80. The second-order valence-corrected chi connectivity index (χ2v) is 12.7. The fourth-order valence-corrected chi connectivity index (χ4v) is 8.31. The van der Waals surface area contributed by atoms with Crippen molar-refractivity contribution >= 4 is 92.4 Å². The van der Waals surface area contributed by atoms with Crippen molar-refractivity contribution in [2.75, 3.05) is 4.90 Å². The summed E-state index contributed by atoms with van der Waals surface area (Å²) >= 11 is 1.83. The number of hydrogen-bond donors (Lipinski definition) is 0. The minimum absolute atomic E-state index is 0.862. The van der Waals surface area contributed by atoms with Gasteiger partial charge in [0.15, 0.2) is 0 Å². The minimum atomic E-state index is 0.862. The Morgan fingerprint density at radius 2 is 1.02 bits per heavy atom. The Labute approximate surface area is 268 Å². The van der Waals surface area contributed by atoms with Crippen LogP contribution in [0.15, 0.2) is 160 Å². The first kappa shape index (κ1) is 25.5. The van der Waals surface area contributed by atoms with E-state index in [1.165, 1.54) is 36.7 Å². The first-order valence-electron chi connectivity index (χ1n) is 15.4. The molecule has 3 aromatic heterocycles. The predicted octanol–water partition coefficient (Wildman–Crippen LogP) is 13.0. The maximum Gasteiger partial charge on any atom is 0.138 e. The van der Waals surface area contributed by atoms with Crippen LogP contribution in [0.3, 0.4) is 0 Å². The van der Waals surface area contributed by atoms with E-state index >= 15 is 0 Å². The molecule has 0 spiro atoms. The van der Waals surface area contributed by atoms with Gasteiger partial charge in [0.1, 0.15) is 22.3 Å². The number of rotatable bonds is 4. The highest BCUT2D eigenvalue weighted by Crippen LogP contribution is 2.51. The zero-order valence-electron chi connectivity index (χ0n) is 24.6. The molecule has 46 heavy (non-hydrogen) atoms. The molecule has 0 bridgehead atoms. The second-order valence-electron chi connectivity index (χ2n) is 11.7. The molecule has 3 nitrogen and oxygen atoms in total. The third-order valence-corrected chi connectivity index (χ3v) is 10.3. The molecule has 4 heteroatoms. The lowest BCUT2D eigenvalue weighted by atomic mass is 10.0. The van der Waals surface area contributed by atoms with Crippen LogP contribution in [0.1, 0.15) is 0 Å². The van der Waals surface area contributed by atoms with E-state index in [1.807, 2.05) is 29.5 Å². The van der Waals surface area contributed by atoms with Crippen LogP contribution in [0.4, 0.5) is 17.1 Å². The maximum absolute atomic E-state index is 6.60. The van der Waals surface area contributed by atoms with Crippen molar-refractivity contribution in [2.45, 2.75) is 0 Å². The van der Waals surface area contributed by atoms with Gasteiger partial charge in [-0.2, -0.15) is 0 Å². The number of nitrogens with zero attached hydrogens (tertiary/aromatic N) is 1. The normalized spacial score (nSPS) is 11.9. The monoisotopic (exact) mass is 607 g/mol. The highest BCUT2D eigenvalue weighted by molar-refractivity contribution is 7.27. The summed E-state index contributed by atoms with van der Waals surface area (Å²) in [5.74, 6) is 0. The summed E-state index contributed by atoms with van der Waals surface area (Å²) in [5.41, 5.74) is 9.08. The average molecular weight is 608 g/mol. The SMILES string of the molecule is c1ccc(-c2ccc(N(c3cccc4oc5ccccc5c34)c3cc4oc5ccccc5c4c4sc5ccccc5c34)cc2)cc1. The lowest BCUT2D eigenvalue weighted by Crippen LogP contribution is -2.10. The summed E-state index contributed by atoms with van der Waals surface area (Å²) < 4.78 is 15.5. The van der Waals surface area contributed by atoms with Crippen LogP contribution in [0.25, 0.3) is 75.2 Å². The van der Waals surface area contributed by atoms with Gasteiger partial charge in [-0.3, -0.25) is 0 Å². The number of fused-ring (bicyclic) bond motifs is 10. The number of anilines is 3. The molecule has 0 unspecified atom stereocenters. The summed E-state index contributed by atoms with van der Waals surface area (Å²) in [6.07, 6.45) is 0. The van der Waals surface area contributed by atoms with Crippen LogP contribution >= 0.6 is 11.3 Å². The van der Waals surface area contributed by atoms with Crippen LogP contribution in [-0.4, -0.2) is 0 Å². The van der Waals surface area contributed by atoms with Crippen molar-refractivity contribution in [2.24, 2.45) is 0 Å². The number of furan rings is 2. The zero-order chi connectivity index (χ0) is 30.2. The molecular formula is C42H25NO2S. The molecule has 0 fully saturated rings. The molecule has 0 atom stereocenters. The molecule has 0 saturated heterocycles. The fraction of sp³-hybridized carbons (Fsp3) is 0. The molecule has 10 aromatic rings. The lowest BCUT2D eigenvalue weighted by Gasteiger charge is -2.27. The first-order valence-corrected chi connectivity index (χ1v) is 16.2. The molecular weight excluding hydrogens is 583 g/mol. The summed E-state index contributed by atoms with van der Waals surface area (Å²) in [6.45, 7) is 0. The smallest absolute Gasteiger partial charge is 0.138 e. The summed E-state index contributed by atoms with van der Waals surface area (Å²) in [5, 5.41) is 6.94. The van der Waals surface area contributed by atoms with E-state index < -0.39 is 0 Å². The fourth-order valence-electron chi connectivity index (χ4n) is 7.03. The Morgan fingerprint density at radius 1 is 0.413 bits per heavy atom. The third kappa shape index (κ3) is 3.71. The number of benzene rings is 7. The van der Waals surface area contributed by atoms with E-state index in [2.05, 4.69) is 138 Å². The van der Waals surface area contributed by atoms with Crippen molar-refractivity contribution in [3.8, 4) is 11.1 Å². The van der Waals surface area contributed by atoms with Gasteiger partial charge in [-0.25, -0.2) is 0 Å². The van der Waals surface area contributed by atoms with Crippen molar-refractivity contribution in [3.63, 3.8) is 0 Å². The van der Waals surface area contributed by atoms with Crippen LogP contribution in [-0.2, 0) is 0 Å². The molecule has 3 heterocycles. The maximum atomic E-state index is 6.60. The topological polar surface area (TPSA) is 29.5 Å². The van der Waals surface area contributed by atoms with Gasteiger partial charge < -0.3 is 13.7 Å². The van der Waals surface area contributed by atoms with E-state index in [1.54, 1.807) is 0 Å². The number of para-hydroxylation sites is 2. The van der Waals surface area contributed by atoms with Crippen molar-refractivity contribution in [1.29, 1.82) is 0 Å². The molecule has 0 saturated carbocycles. The van der Waals surface area contributed by atoms with Crippen molar-refractivity contribution in [1.82, 2.24) is 0 Å². The number of hydrogen-bond acceptors (Lipinski definition) is 4. The van der Waals surface area contributed by atoms with Crippen LogP contribution < -0.4 is 4.90 Å². The van der Waals surface area contributed by atoms with Crippen LogP contribution in [0.5, 0.6) is 0 Å². The van der Waals surface area contributed by atoms with Crippen LogP contribution in [0.2, 0.25) is 0 Å². The van der Waals surface area contributed by atoms with E-state index in [0.717, 1.165) is 55.6 Å². The van der Waals surface area contributed by atoms with E-state index in [4.69, 9.17) is 8.83 Å². The standard InChI is InChI=1S/C42H25NO2S/c1-2-11-26(12-3-1)27-21-23-28(24-22-27)43(32-16-10-19-36-39(32)29-13-4-7-17-34(29)44-36)33-25-37-41(30-14-5-8-18-35(30)45-37)42-40(33)31-15-6-9-20-38(31)46-42/h1-25H. The molecule has 7 aromatic carbocycles. The van der Waals surface area contributed by atoms with Gasteiger partial charge in [0.05, 0.1) is 16.8 Å². The molecule has 0 aliphatic rings. The summed E-state index contributed by atoms with van der Waals surface area (Å²) in [6, 6.07) is 53.4. The van der Waals surface area contributed by atoms with Crippen molar-refractivity contribution < 1.29 is 8.83 Å². The van der Waals surface area contributed by atoms with Gasteiger partial charge in [0, 0.05) is 48.1 Å². The van der Waals surface area contributed by atoms with E-state index in [-0.39, 0.29) is 0 Å². The third-order valence-electron chi connectivity index (χ3n) is 9.06. The van der Waals surface area contributed by atoms with Gasteiger partial charge >= 0.3 is 0 Å². The Morgan fingerprint density at radius 3 is 1.80 bits per heavy atom. The second kappa shape index (κ2) is 9.83. The van der Waals surface area contributed by atoms with E-state index in [0.29, 0.717) is 0 Å². The summed E-state index contributed by atoms with van der Waals surface area (Å²) in [7, 11) is 0. The Kier molecular flexibility index (Phi) is 5.45. The molecule has 10 rings (SSSR count). The molecule has 0 aliphatic heterocycles. The quantitative estimate of drug-likeness (QED) is 0.199. The largest absolute Gasteiger partial charge is 0.456 e. The predicted molar refractivity (Wildman–Crippen MR) is 194 cm³/mol. The first-order chi connectivity index (χ1) is 22.8. The summed E-state index contributed by atoms with van der Waals surface area (Å²) in [4.78, 5) is 2.40. The molecule has 0 radical (unpaired) electrons. The van der Waals surface area contributed by atoms with Gasteiger partial charge in [0.2, 0.25) is 0 Å². The van der Waals surface area contributed by atoms with E-state index in [9.17, 15) is 0 Å². The van der Waals surface area contributed by atoms with Gasteiger partial charge in [-0.1, -0.05) is 103 Å². The van der Waals surface area contributed by atoms with Gasteiger partial charge in [-0.15, -0.1) is 11.3 Å². The molecule has 0 N–H and O–H groups in total. The lowest BCUT2D eigenvalue weighted by molar-refractivity contribution is 0.669. The van der Waals surface area contributed by atoms with Gasteiger partial charge in [-0.05, 0) is 53.6 Å². The zero-order valence-corrected chi connectivity index (χ0v) is 25.4. The molecule has 0 amide bonds.